The lowest BCUT2D eigenvalue weighted by atomic mass is 9.75. The summed E-state index contributed by atoms with van der Waals surface area (Å²) in [6.07, 6.45) is 6.28. The van der Waals surface area contributed by atoms with Crippen LogP contribution in [0.1, 0.15) is 121 Å². The van der Waals surface area contributed by atoms with Crippen LogP contribution in [-0.4, -0.2) is 62.9 Å². The first kappa shape index (κ1) is 38.2. The summed E-state index contributed by atoms with van der Waals surface area (Å²) < 4.78 is 13.6. The molecule has 2 N–H and O–H groups in total. The average molecular weight is 756 g/mol. The van der Waals surface area contributed by atoms with Gasteiger partial charge >= 0.3 is 0 Å². The summed E-state index contributed by atoms with van der Waals surface area (Å²) in [6, 6.07) is 31.2. The van der Waals surface area contributed by atoms with Gasteiger partial charge in [0.15, 0.2) is 6.29 Å². The van der Waals surface area contributed by atoms with Crippen LogP contribution in [-0.2, 0) is 27.4 Å². The SMILES string of the molecule is CC(C)(C)NC(=O)[C@H]1CC[C@H]2CCCC[C@H]2N1C[C@H]1C[C@@H](c2ccc(CO)cc2)O[C@@H](c2ccc(-c3cccc(CN4C(=O)c5ccccc5C4=O)c3)cc2)O1. The van der Waals surface area contributed by atoms with Crippen LogP contribution in [0.15, 0.2) is 97.1 Å². The number of likely N-dealkylation sites (tertiary alicyclic amines) is 1. The molecule has 1 aliphatic carbocycles. The minimum Gasteiger partial charge on any atom is -0.392 e. The molecule has 4 aliphatic rings. The first-order valence-corrected chi connectivity index (χ1v) is 20.3. The number of ether oxygens (including phenoxy) is 2. The zero-order valence-electron chi connectivity index (χ0n) is 32.7. The molecule has 2 saturated heterocycles. The molecule has 292 valence electrons. The van der Waals surface area contributed by atoms with E-state index >= 15 is 0 Å². The molecule has 4 aromatic carbocycles. The van der Waals surface area contributed by atoms with Gasteiger partial charge in [0.25, 0.3) is 11.8 Å². The van der Waals surface area contributed by atoms with Gasteiger partial charge in [-0.1, -0.05) is 91.7 Å². The standard InChI is InChI=1S/C47H53N3O6/c1-47(2,3)48-43(52)41-24-23-33-10-4-7-14-40(33)49(41)28-37-26-42(34-17-15-30(29-51)16-18-34)56-46(55-37)35-21-19-32(20-22-35)36-11-8-9-31(25-36)27-50-44(53)38-12-5-6-13-39(38)45(50)54/h5-6,8-9,11-13,15-22,25,33,37,40-42,46,51H,4,7,10,14,23-24,26-29H2,1-3H3,(H,48,52)/t33-,37-,40-,41-,42+,46+/m1/s1. The second-order valence-electron chi connectivity index (χ2n) is 17.1. The Morgan fingerprint density at radius 1 is 0.768 bits per heavy atom. The van der Waals surface area contributed by atoms with Gasteiger partial charge in [-0.15, -0.1) is 0 Å². The summed E-state index contributed by atoms with van der Waals surface area (Å²) in [6.45, 7) is 6.95. The molecule has 0 radical (unpaired) electrons. The number of aliphatic hydroxyl groups excluding tert-OH is 1. The highest BCUT2D eigenvalue weighted by Gasteiger charge is 2.44. The van der Waals surface area contributed by atoms with Gasteiger partial charge in [0.05, 0.1) is 42.5 Å². The lowest BCUT2D eigenvalue weighted by Gasteiger charge is -2.50. The van der Waals surface area contributed by atoms with E-state index in [1.54, 1.807) is 24.3 Å². The number of hydrogen-bond acceptors (Lipinski definition) is 7. The Labute approximate surface area is 330 Å². The van der Waals surface area contributed by atoms with Gasteiger partial charge in [-0.05, 0) is 98.4 Å². The van der Waals surface area contributed by atoms with Gasteiger partial charge in [-0.2, -0.15) is 0 Å². The van der Waals surface area contributed by atoms with Crippen molar-refractivity contribution in [2.24, 2.45) is 5.92 Å². The number of nitrogens with one attached hydrogen (secondary N) is 1. The summed E-state index contributed by atoms with van der Waals surface area (Å²) in [4.78, 5) is 43.7. The van der Waals surface area contributed by atoms with E-state index < -0.39 is 6.29 Å². The summed E-state index contributed by atoms with van der Waals surface area (Å²) in [5.41, 5.74) is 6.19. The molecular formula is C47H53N3O6. The van der Waals surface area contributed by atoms with Crippen molar-refractivity contribution in [2.75, 3.05) is 6.54 Å². The van der Waals surface area contributed by atoms with E-state index in [4.69, 9.17) is 9.47 Å². The van der Waals surface area contributed by atoms with Crippen LogP contribution in [0.4, 0.5) is 0 Å². The molecule has 3 heterocycles. The van der Waals surface area contributed by atoms with Crippen LogP contribution in [0.2, 0.25) is 0 Å². The molecule has 56 heavy (non-hydrogen) atoms. The molecule has 3 aliphatic heterocycles. The lowest BCUT2D eigenvalue weighted by Crippen LogP contribution is -2.61. The number of aliphatic hydroxyl groups is 1. The van der Waals surface area contributed by atoms with Crippen LogP contribution in [0, 0.1) is 5.92 Å². The monoisotopic (exact) mass is 755 g/mol. The van der Waals surface area contributed by atoms with Crippen molar-refractivity contribution in [3.8, 4) is 11.1 Å². The highest BCUT2D eigenvalue weighted by molar-refractivity contribution is 6.21. The van der Waals surface area contributed by atoms with Gasteiger partial charge in [0, 0.05) is 30.1 Å². The summed E-state index contributed by atoms with van der Waals surface area (Å²) in [5.74, 6) is 0.163. The summed E-state index contributed by atoms with van der Waals surface area (Å²) in [7, 11) is 0. The Morgan fingerprint density at radius 3 is 2.16 bits per heavy atom. The Kier molecular flexibility index (Phi) is 11.0. The number of benzene rings is 4. The van der Waals surface area contributed by atoms with Crippen molar-refractivity contribution < 1.29 is 29.0 Å². The van der Waals surface area contributed by atoms with Gasteiger partial charge in [-0.3, -0.25) is 24.2 Å². The number of carbonyl (C=O) groups is 3. The van der Waals surface area contributed by atoms with Crippen molar-refractivity contribution in [3.05, 3.63) is 130 Å². The van der Waals surface area contributed by atoms with Crippen LogP contribution in [0.3, 0.4) is 0 Å². The molecule has 0 aromatic heterocycles. The number of carbonyl (C=O) groups excluding carboxylic acids is 3. The smallest absolute Gasteiger partial charge is 0.261 e. The van der Waals surface area contributed by atoms with Crippen LogP contribution in [0.5, 0.6) is 0 Å². The van der Waals surface area contributed by atoms with Gasteiger partial charge in [0.2, 0.25) is 5.91 Å². The Bertz CT molecular complexity index is 2020. The average Bonchev–Trinajstić information content (AvgIpc) is 3.45. The third-order valence-electron chi connectivity index (χ3n) is 12.0. The van der Waals surface area contributed by atoms with Crippen molar-refractivity contribution in [1.82, 2.24) is 15.1 Å². The molecule has 0 spiro atoms. The van der Waals surface area contributed by atoms with Crippen molar-refractivity contribution in [3.63, 3.8) is 0 Å². The zero-order valence-corrected chi connectivity index (χ0v) is 32.7. The summed E-state index contributed by atoms with van der Waals surface area (Å²) in [5, 5.41) is 13.0. The first-order chi connectivity index (χ1) is 27.0. The minimum absolute atomic E-state index is 0.0201. The molecule has 0 bridgehead atoms. The minimum atomic E-state index is -0.626. The van der Waals surface area contributed by atoms with Crippen LogP contribution in [0.25, 0.3) is 11.1 Å². The molecule has 4 aromatic rings. The predicted octanol–water partition coefficient (Wildman–Crippen LogP) is 8.13. The van der Waals surface area contributed by atoms with Gasteiger partial charge in [0.1, 0.15) is 0 Å². The van der Waals surface area contributed by atoms with Crippen molar-refractivity contribution in [2.45, 2.75) is 115 Å². The number of nitrogens with zero attached hydrogens (tertiary/aromatic N) is 2. The predicted molar refractivity (Wildman–Crippen MR) is 214 cm³/mol. The van der Waals surface area contributed by atoms with E-state index in [1.165, 1.54) is 24.2 Å². The van der Waals surface area contributed by atoms with E-state index in [9.17, 15) is 19.5 Å². The number of amides is 3. The quantitative estimate of drug-likeness (QED) is 0.166. The van der Waals surface area contributed by atoms with Crippen molar-refractivity contribution >= 4 is 17.7 Å². The van der Waals surface area contributed by atoms with E-state index in [-0.39, 0.29) is 54.7 Å². The highest BCUT2D eigenvalue weighted by Crippen LogP contribution is 2.42. The normalized spacial score (nSPS) is 25.5. The fraction of sp³-hybridized carbons (Fsp3) is 0.426. The molecule has 0 unspecified atom stereocenters. The largest absolute Gasteiger partial charge is 0.392 e. The third kappa shape index (κ3) is 8.09. The van der Waals surface area contributed by atoms with E-state index in [0.29, 0.717) is 36.1 Å². The van der Waals surface area contributed by atoms with E-state index in [0.717, 1.165) is 52.6 Å². The molecule has 1 saturated carbocycles. The maximum atomic E-state index is 13.8. The highest BCUT2D eigenvalue weighted by atomic mass is 16.7. The molecule has 9 nitrogen and oxygen atoms in total. The van der Waals surface area contributed by atoms with Gasteiger partial charge < -0.3 is 19.9 Å². The topological polar surface area (TPSA) is 108 Å². The first-order valence-electron chi connectivity index (χ1n) is 20.3. The number of hydrogen-bond donors (Lipinski definition) is 2. The fourth-order valence-corrected chi connectivity index (χ4v) is 9.24. The molecule has 3 fully saturated rings. The maximum absolute atomic E-state index is 13.8. The molecule has 3 amide bonds. The van der Waals surface area contributed by atoms with Crippen molar-refractivity contribution in [1.29, 1.82) is 0 Å². The van der Waals surface area contributed by atoms with Crippen LogP contribution >= 0.6 is 0 Å². The maximum Gasteiger partial charge on any atom is 0.261 e. The lowest BCUT2D eigenvalue weighted by molar-refractivity contribution is -0.255. The zero-order chi connectivity index (χ0) is 39.0. The van der Waals surface area contributed by atoms with Crippen LogP contribution < -0.4 is 5.32 Å². The van der Waals surface area contributed by atoms with Gasteiger partial charge in [-0.25, -0.2) is 0 Å². The number of rotatable bonds is 9. The second-order valence-corrected chi connectivity index (χ2v) is 17.1. The number of fused-ring (bicyclic) bond motifs is 2. The Morgan fingerprint density at radius 2 is 1.46 bits per heavy atom. The molecule has 9 heteroatoms. The Balaban J connectivity index is 1.03. The van der Waals surface area contributed by atoms with E-state index in [2.05, 4.69) is 22.3 Å². The third-order valence-corrected chi connectivity index (χ3v) is 12.0. The molecular weight excluding hydrogens is 703 g/mol. The van der Waals surface area contributed by atoms with E-state index in [1.807, 2.05) is 81.4 Å². The Hall–Kier alpha value is -4.67. The number of piperidine rings is 1. The molecule has 6 atom stereocenters. The summed E-state index contributed by atoms with van der Waals surface area (Å²) >= 11 is 0. The second kappa shape index (κ2) is 16.1. The fourth-order valence-electron chi connectivity index (χ4n) is 9.24. The number of imide groups is 1. The molecule has 8 rings (SSSR count).